The van der Waals surface area contributed by atoms with Crippen LogP contribution in [-0.2, 0) is 27.4 Å². The highest BCUT2D eigenvalue weighted by Gasteiger charge is 2.53. The van der Waals surface area contributed by atoms with Crippen molar-refractivity contribution in [3.63, 3.8) is 0 Å². The lowest BCUT2D eigenvalue weighted by atomic mass is 9.95. The number of rotatable bonds is 7. The van der Waals surface area contributed by atoms with Crippen LogP contribution in [0.15, 0.2) is 77.8 Å². The Hall–Kier alpha value is -3.48. The van der Waals surface area contributed by atoms with Crippen LogP contribution in [0.25, 0.3) is 0 Å². The largest absolute Gasteiger partial charge is 0.457 e. The van der Waals surface area contributed by atoms with E-state index in [-0.39, 0.29) is 48.9 Å². The number of amides is 1. The molecular formula is C25H24F3N3O5S. The van der Waals surface area contributed by atoms with Crippen molar-refractivity contribution in [3.8, 4) is 11.5 Å². The third kappa shape index (κ3) is 5.60. The van der Waals surface area contributed by atoms with Crippen molar-refractivity contribution in [1.29, 1.82) is 0 Å². The van der Waals surface area contributed by atoms with Gasteiger partial charge in [-0.2, -0.15) is 13.2 Å². The number of hydroxylamine groups is 2. The fraction of sp³-hybridized carbons (Fsp3) is 0.280. The molecule has 1 saturated heterocycles. The number of hydrogen-bond donors (Lipinski definition) is 2. The molecule has 0 spiro atoms. The van der Waals surface area contributed by atoms with Gasteiger partial charge in [-0.25, -0.2) is 13.5 Å². The van der Waals surface area contributed by atoms with Crippen molar-refractivity contribution in [2.24, 2.45) is 0 Å². The van der Waals surface area contributed by atoms with Gasteiger partial charge in [0.05, 0.1) is 22.7 Å². The number of alkyl halides is 3. The van der Waals surface area contributed by atoms with E-state index in [9.17, 15) is 31.6 Å². The summed E-state index contributed by atoms with van der Waals surface area (Å²) in [6, 6.07) is 14.3. The first-order valence-electron chi connectivity index (χ1n) is 11.3. The van der Waals surface area contributed by atoms with Gasteiger partial charge in [-0.05, 0) is 86.6 Å². The molecule has 1 aromatic heterocycles. The van der Waals surface area contributed by atoms with Gasteiger partial charge in [0.15, 0.2) is 14.6 Å². The third-order valence-electron chi connectivity index (χ3n) is 6.14. The van der Waals surface area contributed by atoms with Gasteiger partial charge < -0.3 is 10.1 Å². The molecular weight excluding hydrogens is 511 g/mol. The Balaban J connectivity index is 1.56. The van der Waals surface area contributed by atoms with Crippen molar-refractivity contribution < 1.29 is 36.3 Å². The number of benzene rings is 2. The summed E-state index contributed by atoms with van der Waals surface area (Å²) in [6.45, 7) is 0.249. The van der Waals surface area contributed by atoms with Crippen LogP contribution in [0.4, 0.5) is 13.2 Å². The first-order valence-corrected chi connectivity index (χ1v) is 12.8. The van der Waals surface area contributed by atoms with Gasteiger partial charge in [-0.1, -0.05) is 6.07 Å². The molecule has 2 N–H and O–H groups in total. The molecule has 0 unspecified atom stereocenters. The molecule has 1 fully saturated rings. The number of pyridine rings is 1. The second kappa shape index (κ2) is 10.5. The van der Waals surface area contributed by atoms with Crippen LogP contribution in [-0.4, -0.2) is 47.4 Å². The summed E-state index contributed by atoms with van der Waals surface area (Å²) >= 11 is 0. The maximum Gasteiger partial charge on any atom is 0.416 e. The normalized spacial score (nSPS) is 15.7. The fourth-order valence-electron chi connectivity index (χ4n) is 4.14. The van der Waals surface area contributed by atoms with Gasteiger partial charge >= 0.3 is 6.18 Å². The molecule has 0 saturated carbocycles. The molecule has 1 aliphatic heterocycles. The van der Waals surface area contributed by atoms with E-state index in [1.54, 1.807) is 18.2 Å². The van der Waals surface area contributed by atoms with E-state index in [1.807, 2.05) is 0 Å². The number of nitrogens with zero attached hydrogens (tertiary/aromatic N) is 2. The predicted molar refractivity (Wildman–Crippen MR) is 127 cm³/mol. The van der Waals surface area contributed by atoms with Gasteiger partial charge in [0.2, 0.25) is 0 Å². The smallest absolute Gasteiger partial charge is 0.416 e. The van der Waals surface area contributed by atoms with Crippen LogP contribution in [0.3, 0.4) is 0 Å². The summed E-state index contributed by atoms with van der Waals surface area (Å²) in [5, 5.41) is 14.0. The maximum absolute atomic E-state index is 13.8. The standard InChI is InChI=1S/C25H24F3N3O5S/c26-25(27,28)18-4-6-20(7-5-18)36-21-8-10-22(11-9-21)37(34,35)24(12-15-29-16-13-24)23(32)31(33)17-19-3-1-2-14-30-19/h1-11,14,29,33H,12-13,15-17H2. The number of carbonyl (C=O) groups is 1. The molecule has 3 aromatic rings. The van der Waals surface area contributed by atoms with Gasteiger partial charge in [-0.15, -0.1) is 0 Å². The zero-order chi connectivity index (χ0) is 26.7. The number of aromatic nitrogens is 1. The SMILES string of the molecule is O=C(N(O)Cc1ccccn1)C1(S(=O)(=O)c2ccc(Oc3ccc(C(F)(F)F)cc3)cc2)CCNCC1. The van der Waals surface area contributed by atoms with Crippen molar-refractivity contribution in [2.45, 2.75) is 35.2 Å². The van der Waals surface area contributed by atoms with E-state index >= 15 is 0 Å². The van der Waals surface area contributed by atoms with Gasteiger partial charge in [0.25, 0.3) is 5.91 Å². The molecule has 1 aliphatic rings. The highest BCUT2D eigenvalue weighted by molar-refractivity contribution is 7.93. The van der Waals surface area contributed by atoms with E-state index in [2.05, 4.69) is 10.3 Å². The first kappa shape index (κ1) is 26.6. The Morgan fingerprint density at radius 3 is 2.14 bits per heavy atom. The number of carbonyl (C=O) groups excluding carboxylic acids is 1. The number of hydrogen-bond acceptors (Lipinski definition) is 7. The van der Waals surface area contributed by atoms with Crippen LogP contribution in [0.2, 0.25) is 0 Å². The monoisotopic (exact) mass is 535 g/mol. The van der Waals surface area contributed by atoms with Gasteiger partial charge in [-0.3, -0.25) is 15.0 Å². The minimum absolute atomic E-state index is 0.0444. The molecule has 8 nitrogen and oxygen atoms in total. The predicted octanol–water partition coefficient (Wildman–Crippen LogP) is 4.21. The minimum atomic E-state index is -4.47. The summed E-state index contributed by atoms with van der Waals surface area (Å²) in [6.07, 6.45) is -3.06. The van der Waals surface area contributed by atoms with E-state index in [4.69, 9.17) is 4.74 Å². The number of piperidine rings is 1. The van der Waals surface area contributed by atoms with Crippen LogP contribution >= 0.6 is 0 Å². The number of nitrogens with one attached hydrogen (secondary N) is 1. The summed E-state index contributed by atoms with van der Waals surface area (Å²) < 4.78 is 69.4. The van der Waals surface area contributed by atoms with E-state index in [0.717, 1.165) is 24.3 Å². The number of ether oxygens (including phenoxy) is 1. The van der Waals surface area contributed by atoms with E-state index in [1.165, 1.54) is 30.5 Å². The van der Waals surface area contributed by atoms with Crippen LogP contribution in [0.5, 0.6) is 11.5 Å². The highest BCUT2D eigenvalue weighted by atomic mass is 32.2. The van der Waals surface area contributed by atoms with Gasteiger partial charge in [0, 0.05) is 6.20 Å². The van der Waals surface area contributed by atoms with Crippen LogP contribution in [0.1, 0.15) is 24.1 Å². The molecule has 0 atom stereocenters. The van der Waals surface area contributed by atoms with Gasteiger partial charge in [0.1, 0.15) is 11.5 Å². The van der Waals surface area contributed by atoms with Crippen LogP contribution in [0, 0.1) is 0 Å². The molecule has 2 aromatic carbocycles. The number of halogens is 3. The first-order chi connectivity index (χ1) is 17.5. The Morgan fingerprint density at radius 1 is 1.00 bits per heavy atom. The lowest BCUT2D eigenvalue weighted by molar-refractivity contribution is -0.172. The molecule has 4 rings (SSSR count). The Labute approximate surface area is 211 Å². The molecule has 196 valence electrons. The summed E-state index contributed by atoms with van der Waals surface area (Å²) in [5.74, 6) is -0.605. The molecule has 0 aliphatic carbocycles. The fourth-order valence-corrected chi connectivity index (χ4v) is 6.16. The summed E-state index contributed by atoms with van der Waals surface area (Å²) in [7, 11) is -4.26. The average Bonchev–Trinajstić information content (AvgIpc) is 2.89. The Kier molecular flexibility index (Phi) is 7.53. The Bertz CT molecular complexity index is 1330. The Morgan fingerprint density at radius 2 is 1.59 bits per heavy atom. The number of sulfone groups is 1. The molecule has 12 heteroatoms. The molecule has 0 bridgehead atoms. The summed E-state index contributed by atoms with van der Waals surface area (Å²) in [4.78, 5) is 17.3. The van der Waals surface area contributed by atoms with E-state index < -0.39 is 32.2 Å². The van der Waals surface area contributed by atoms with E-state index in [0.29, 0.717) is 10.8 Å². The zero-order valence-electron chi connectivity index (χ0n) is 19.5. The second-order valence-electron chi connectivity index (χ2n) is 8.53. The lowest BCUT2D eigenvalue weighted by Gasteiger charge is -2.37. The molecule has 1 amide bonds. The lowest BCUT2D eigenvalue weighted by Crippen LogP contribution is -2.57. The topological polar surface area (TPSA) is 109 Å². The molecule has 37 heavy (non-hydrogen) atoms. The third-order valence-corrected chi connectivity index (χ3v) is 8.64. The second-order valence-corrected chi connectivity index (χ2v) is 10.8. The van der Waals surface area contributed by atoms with Crippen molar-refractivity contribution >= 4 is 15.7 Å². The molecule has 0 radical (unpaired) electrons. The van der Waals surface area contributed by atoms with Crippen LogP contribution < -0.4 is 10.1 Å². The average molecular weight is 536 g/mol. The summed E-state index contributed by atoms with van der Waals surface area (Å²) in [5.41, 5.74) is -0.427. The minimum Gasteiger partial charge on any atom is -0.457 e. The molecule has 2 heterocycles. The van der Waals surface area contributed by atoms with Crippen molar-refractivity contribution in [2.75, 3.05) is 13.1 Å². The van der Waals surface area contributed by atoms with Crippen molar-refractivity contribution in [3.05, 3.63) is 84.2 Å². The quantitative estimate of drug-likeness (QED) is 0.345. The maximum atomic E-state index is 13.8. The van der Waals surface area contributed by atoms with Crippen molar-refractivity contribution in [1.82, 2.24) is 15.4 Å². The highest BCUT2D eigenvalue weighted by Crippen LogP contribution is 2.37. The zero-order valence-corrected chi connectivity index (χ0v) is 20.3.